The van der Waals surface area contributed by atoms with E-state index in [-0.39, 0.29) is 22.8 Å². The van der Waals surface area contributed by atoms with Gasteiger partial charge in [-0.15, -0.1) is 10.2 Å². The van der Waals surface area contributed by atoms with Crippen LogP contribution in [0.2, 0.25) is 5.02 Å². The number of thioether (sulfide) groups is 1. The van der Waals surface area contributed by atoms with Gasteiger partial charge in [-0.25, -0.2) is 0 Å². The molecule has 4 rings (SSSR count). The van der Waals surface area contributed by atoms with Crippen molar-refractivity contribution in [3.8, 4) is 17.1 Å². The number of nitrogens with zero attached hydrogens (tertiary/aromatic N) is 5. The number of ketones is 1. The van der Waals surface area contributed by atoms with Gasteiger partial charge >= 0.3 is 0 Å². The molecule has 10 heteroatoms. The standard InChI is InChI=1S/C22H16ClN5O3S/c1-14-18(23)6-3-7-19(14)27-21(15-8-10-24-11-9-15)25-26-22(27)32-13-20(29)16-4-2-5-17(12-16)28(30)31/h2-12H,13H2,1H3. The van der Waals surface area contributed by atoms with Crippen LogP contribution in [0.3, 0.4) is 0 Å². The average molecular weight is 466 g/mol. The van der Waals surface area contributed by atoms with E-state index in [1.54, 1.807) is 24.5 Å². The lowest BCUT2D eigenvalue weighted by molar-refractivity contribution is -0.384. The molecule has 2 heterocycles. The molecule has 160 valence electrons. The summed E-state index contributed by atoms with van der Waals surface area (Å²) >= 11 is 7.55. The molecule has 0 bridgehead atoms. The van der Waals surface area contributed by atoms with Crippen LogP contribution in [-0.2, 0) is 0 Å². The van der Waals surface area contributed by atoms with E-state index in [9.17, 15) is 14.9 Å². The zero-order valence-electron chi connectivity index (χ0n) is 16.8. The molecule has 0 aliphatic rings. The summed E-state index contributed by atoms with van der Waals surface area (Å²) in [6, 6.07) is 14.9. The van der Waals surface area contributed by atoms with Gasteiger partial charge in [0.1, 0.15) is 0 Å². The summed E-state index contributed by atoms with van der Waals surface area (Å²) in [5.41, 5.74) is 2.59. The number of pyridine rings is 1. The lowest BCUT2D eigenvalue weighted by Crippen LogP contribution is -2.06. The Balaban J connectivity index is 1.70. The van der Waals surface area contributed by atoms with Gasteiger partial charge in [0.2, 0.25) is 0 Å². The Morgan fingerprint density at radius 2 is 1.88 bits per heavy atom. The first-order chi connectivity index (χ1) is 15.5. The third-order valence-corrected chi connectivity index (χ3v) is 6.10. The summed E-state index contributed by atoms with van der Waals surface area (Å²) in [5, 5.41) is 20.7. The molecule has 0 fully saturated rings. The Labute approximate surface area is 192 Å². The third kappa shape index (κ3) is 4.39. The predicted octanol–water partition coefficient (Wildman–Crippen LogP) is 5.17. The number of carbonyl (C=O) groups is 1. The fourth-order valence-electron chi connectivity index (χ4n) is 3.11. The Kier molecular flexibility index (Phi) is 6.29. The highest BCUT2D eigenvalue weighted by Gasteiger charge is 2.20. The smallest absolute Gasteiger partial charge is 0.270 e. The van der Waals surface area contributed by atoms with Crippen LogP contribution < -0.4 is 0 Å². The van der Waals surface area contributed by atoms with Crippen molar-refractivity contribution in [2.45, 2.75) is 12.1 Å². The number of nitro groups is 1. The van der Waals surface area contributed by atoms with Crippen LogP contribution in [0.4, 0.5) is 5.69 Å². The molecular formula is C22H16ClN5O3S. The van der Waals surface area contributed by atoms with E-state index < -0.39 is 4.92 Å². The van der Waals surface area contributed by atoms with E-state index >= 15 is 0 Å². The average Bonchev–Trinajstić information content (AvgIpc) is 3.23. The first-order valence-corrected chi connectivity index (χ1v) is 10.8. The molecule has 0 radical (unpaired) electrons. The number of hydrogen-bond acceptors (Lipinski definition) is 7. The first kappa shape index (κ1) is 21.7. The lowest BCUT2D eigenvalue weighted by atomic mass is 10.1. The summed E-state index contributed by atoms with van der Waals surface area (Å²) in [7, 11) is 0. The van der Waals surface area contributed by atoms with E-state index in [1.807, 2.05) is 35.8 Å². The molecule has 4 aromatic rings. The molecule has 0 aliphatic heterocycles. The highest BCUT2D eigenvalue weighted by molar-refractivity contribution is 7.99. The Morgan fingerprint density at radius 1 is 1.12 bits per heavy atom. The van der Waals surface area contributed by atoms with E-state index in [4.69, 9.17) is 11.6 Å². The fourth-order valence-corrected chi connectivity index (χ4v) is 4.12. The number of nitro benzene ring substituents is 1. The second kappa shape index (κ2) is 9.29. The van der Waals surface area contributed by atoms with Gasteiger partial charge in [0.05, 0.1) is 16.4 Å². The van der Waals surface area contributed by atoms with Crippen LogP contribution in [0, 0.1) is 17.0 Å². The minimum atomic E-state index is -0.524. The molecule has 2 aromatic carbocycles. The Hall–Kier alpha value is -3.56. The van der Waals surface area contributed by atoms with Gasteiger partial charge in [-0.1, -0.05) is 41.6 Å². The fraction of sp³-hybridized carbons (Fsp3) is 0.0909. The minimum Gasteiger partial charge on any atom is -0.293 e. The van der Waals surface area contributed by atoms with Gasteiger partial charge in [0, 0.05) is 40.7 Å². The molecule has 0 N–H and O–H groups in total. The SMILES string of the molecule is Cc1c(Cl)cccc1-n1c(SCC(=O)c2cccc([N+](=O)[O-])c2)nnc1-c1ccncc1. The molecule has 0 saturated heterocycles. The second-order valence-electron chi connectivity index (χ2n) is 6.78. The molecule has 0 aliphatic carbocycles. The molecule has 0 saturated carbocycles. The molecule has 0 unspecified atom stereocenters. The van der Waals surface area contributed by atoms with Crippen LogP contribution in [0.1, 0.15) is 15.9 Å². The van der Waals surface area contributed by atoms with Crippen LogP contribution in [-0.4, -0.2) is 36.2 Å². The zero-order chi connectivity index (χ0) is 22.7. The lowest BCUT2D eigenvalue weighted by Gasteiger charge is -2.13. The third-order valence-electron chi connectivity index (χ3n) is 4.76. The van der Waals surface area contributed by atoms with Gasteiger partial charge in [-0.05, 0) is 36.8 Å². The minimum absolute atomic E-state index is 0.0370. The van der Waals surface area contributed by atoms with Crippen molar-refractivity contribution < 1.29 is 9.72 Å². The molecule has 2 aromatic heterocycles. The van der Waals surface area contributed by atoms with Gasteiger partial charge < -0.3 is 0 Å². The summed E-state index contributed by atoms with van der Waals surface area (Å²) in [5.74, 6) is 0.375. The summed E-state index contributed by atoms with van der Waals surface area (Å²) in [6.45, 7) is 1.90. The van der Waals surface area contributed by atoms with Crippen LogP contribution in [0.5, 0.6) is 0 Å². The Bertz CT molecular complexity index is 1310. The van der Waals surface area contributed by atoms with Crippen LogP contribution >= 0.6 is 23.4 Å². The monoisotopic (exact) mass is 465 g/mol. The van der Waals surface area contributed by atoms with Crippen molar-refractivity contribution in [3.05, 3.63) is 93.3 Å². The van der Waals surface area contributed by atoms with E-state index in [0.717, 1.165) is 16.8 Å². The molecule has 0 amide bonds. The van der Waals surface area contributed by atoms with Crippen molar-refractivity contribution in [2.24, 2.45) is 0 Å². The van der Waals surface area contributed by atoms with Crippen molar-refractivity contribution in [2.75, 3.05) is 5.75 Å². The first-order valence-electron chi connectivity index (χ1n) is 9.47. The summed E-state index contributed by atoms with van der Waals surface area (Å²) in [6.07, 6.45) is 3.33. The van der Waals surface area contributed by atoms with E-state index in [1.165, 1.54) is 30.0 Å². The largest absolute Gasteiger partial charge is 0.293 e. The number of rotatable bonds is 7. The molecule has 0 spiro atoms. The predicted molar refractivity (Wildman–Crippen MR) is 122 cm³/mol. The molecular weight excluding hydrogens is 450 g/mol. The maximum atomic E-state index is 12.7. The highest BCUT2D eigenvalue weighted by atomic mass is 35.5. The van der Waals surface area contributed by atoms with Gasteiger partial charge in [0.15, 0.2) is 16.8 Å². The van der Waals surface area contributed by atoms with Gasteiger partial charge in [0.25, 0.3) is 5.69 Å². The van der Waals surface area contributed by atoms with Crippen molar-refractivity contribution >= 4 is 34.8 Å². The molecule has 0 atom stereocenters. The number of Topliss-reactive ketones (excluding diaryl/α,β-unsaturated/α-hetero) is 1. The van der Waals surface area contributed by atoms with E-state index in [2.05, 4.69) is 15.2 Å². The number of benzene rings is 2. The van der Waals surface area contributed by atoms with Crippen molar-refractivity contribution in [3.63, 3.8) is 0 Å². The number of halogens is 1. The van der Waals surface area contributed by atoms with E-state index in [0.29, 0.717) is 16.0 Å². The topological polar surface area (TPSA) is 104 Å². The number of hydrogen-bond donors (Lipinski definition) is 0. The number of aromatic nitrogens is 4. The normalized spacial score (nSPS) is 10.8. The number of non-ortho nitro benzene ring substituents is 1. The quantitative estimate of drug-likeness (QED) is 0.160. The van der Waals surface area contributed by atoms with Crippen LogP contribution in [0.15, 0.2) is 72.1 Å². The number of carbonyl (C=O) groups excluding carboxylic acids is 1. The maximum absolute atomic E-state index is 12.7. The highest BCUT2D eigenvalue weighted by Crippen LogP contribution is 2.31. The van der Waals surface area contributed by atoms with Gasteiger partial charge in [-0.2, -0.15) is 0 Å². The molecule has 32 heavy (non-hydrogen) atoms. The zero-order valence-corrected chi connectivity index (χ0v) is 18.4. The maximum Gasteiger partial charge on any atom is 0.270 e. The van der Waals surface area contributed by atoms with Crippen LogP contribution in [0.25, 0.3) is 17.1 Å². The second-order valence-corrected chi connectivity index (χ2v) is 8.13. The van der Waals surface area contributed by atoms with Gasteiger partial charge in [-0.3, -0.25) is 24.5 Å². The summed E-state index contributed by atoms with van der Waals surface area (Å²) in [4.78, 5) is 27.2. The van der Waals surface area contributed by atoms with Crippen molar-refractivity contribution in [1.82, 2.24) is 19.7 Å². The molecule has 8 nitrogen and oxygen atoms in total. The Morgan fingerprint density at radius 3 is 2.62 bits per heavy atom. The summed E-state index contributed by atoms with van der Waals surface area (Å²) < 4.78 is 1.85. The van der Waals surface area contributed by atoms with Crippen molar-refractivity contribution in [1.29, 1.82) is 0 Å².